The van der Waals surface area contributed by atoms with Gasteiger partial charge in [0, 0.05) is 24.7 Å². The van der Waals surface area contributed by atoms with Gasteiger partial charge in [-0.3, -0.25) is 4.79 Å². The second kappa shape index (κ2) is 5.58. The maximum absolute atomic E-state index is 13.7. The number of amides is 1. The van der Waals surface area contributed by atoms with Crippen molar-refractivity contribution < 1.29 is 9.18 Å². The summed E-state index contributed by atoms with van der Waals surface area (Å²) in [5.41, 5.74) is 0.567. The van der Waals surface area contributed by atoms with E-state index in [9.17, 15) is 9.18 Å². The van der Waals surface area contributed by atoms with Gasteiger partial charge in [0.05, 0.1) is 11.6 Å². The molecule has 0 bridgehead atoms. The van der Waals surface area contributed by atoms with Crippen LogP contribution in [0.4, 0.5) is 15.2 Å². The molecule has 2 aromatic rings. The zero-order chi connectivity index (χ0) is 13.9. The molecule has 104 valence electrons. The maximum atomic E-state index is 13.7. The molecule has 20 heavy (non-hydrogen) atoms. The van der Waals surface area contributed by atoms with Gasteiger partial charge in [-0.15, -0.1) is 11.3 Å². The minimum absolute atomic E-state index is 0.0428. The first kappa shape index (κ1) is 13.1. The highest BCUT2D eigenvalue weighted by atomic mass is 32.1. The van der Waals surface area contributed by atoms with Crippen molar-refractivity contribution in [2.45, 2.75) is 6.42 Å². The summed E-state index contributed by atoms with van der Waals surface area (Å²) in [6.07, 6.45) is 2.38. The summed E-state index contributed by atoms with van der Waals surface area (Å²) in [6, 6.07) is 6.66. The molecule has 1 aliphatic rings. The lowest BCUT2D eigenvalue weighted by Crippen LogP contribution is -2.27. The average molecular weight is 291 g/mol. The van der Waals surface area contributed by atoms with E-state index >= 15 is 0 Å². The molecule has 1 N–H and O–H groups in total. The van der Waals surface area contributed by atoms with Crippen LogP contribution in [0, 0.1) is 11.7 Å². The van der Waals surface area contributed by atoms with Crippen molar-refractivity contribution >= 4 is 28.1 Å². The molecule has 3 rings (SSSR count). The Morgan fingerprint density at radius 2 is 2.30 bits per heavy atom. The number of aromatic nitrogens is 1. The van der Waals surface area contributed by atoms with Crippen LogP contribution in [0.3, 0.4) is 0 Å². The van der Waals surface area contributed by atoms with E-state index in [2.05, 4.69) is 10.3 Å². The fraction of sp³-hybridized carbons (Fsp3) is 0.286. The quantitative estimate of drug-likeness (QED) is 0.945. The summed E-state index contributed by atoms with van der Waals surface area (Å²) in [6.45, 7) is 1.23. The topological polar surface area (TPSA) is 45.2 Å². The molecule has 1 amide bonds. The summed E-state index contributed by atoms with van der Waals surface area (Å²) >= 11 is 1.39. The van der Waals surface area contributed by atoms with Crippen molar-refractivity contribution in [1.29, 1.82) is 0 Å². The van der Waals surface area contributed by atoms with Crippen LogP contribution < -0.4 is 10.2 Å². The van der Waals surface area contributed by atoms with Crippen LogP contribution in [0.5, 0.6) is 0 Å². The molecule has 0 radical (unpaired) electrons. The number of carbonyl (C=O) groups is 1. The van der Waals surface area contributed by atoms with Crippen LogP contribution in [-0.4, -0.2) is 24.0 Å². The van der Waals surface area contributed by atoms with Gasteiger partial charge in [0.1, 0.15) is 5.82 Å². The lowest BCUT2D eigenvalue weighted by atomic mass is 10.1. The average Bonchev–Trinajstić information content (AvgIpc) is 3.10. The van der Waals surface area contributed by atoms with Gasteiger partial charge in [-0.1, -0.05) is 12.1 Å². The molecular weight excluding hydrogens is 277 g/mol. The first-order valence-electron chi connectivity index (χ1n) is 6.44. The Bertz CT molecular complexity index is 602. The third-order valence-corrected chi connectivity index (χ3v) is 4.10. The second-order valence-electron chi connectivity index (χ2n) is 4.71. The van der Waals surface area contributed by atoms with Crippen LogP contribution >= 0.6 is 11.3 Å². The van der Waals surface area contributed by atoms with E-state index in [0.29, 0.717) is 23.9 Å². The van der Waals surface area contributed by atoms with E-state index in [1.54, 1.807) is 24.4 Å². The van der Waals surface area contributed by atoms with Gasteiger partial charge in [0.15, 0.2) is 5.13 Å². The number of carbonyl (C=O) groups excluding carboxylic acids is 1. The molecule has 0 saturated carbocycles. The van der Waals surface area contributed by atoms with Crippen LogP contribution in [0.1, 0.15) is 6.42 Å². The first-order valence-corrected chi connectivity index (χ1v) is 7.32. The van der Waals surface area contributed by atoms with Crippen LogP contribution in [-0.2, 0) is 4.79 Å². The molecule has 1 unspecified atom stereocenters. The molecule has 0 spiro atoms. The van der Waals surface area contributed by atoms with E-state index in [-0.39, 0.29) is 17.6 Å². The third kappa shape index (κ3) is 2.65. The zero-order valence-electron chi connectivity index (χ0n) is 10.8. The van der Waals surface area contributed by atoms with Crippen molar-refractivity contribution in [3.05, 3.63) is 41.7 Å². The summed E-state index contributed by atoms with van der Waals surface area (Å²) in [4.78, 5) is 18.1. The molecule has 1 aromatic heterocycles. The number of rotatable bonds is 3. The first-order chi connectivity index (χ1) is 9.74. The highest BCUT2D eigenvalue weighted by Crippen LogP contribution is 2.27. The second-order valence-corrected chi connectivity index (χ2v) is 5.60. The predicted octanol–water partition coefficient (Wildman–Crippen LogP) is 2.75. The third-order valence-electron chi connectivity index (χ3n) is 3.41. The lowest BCUT2D eigenvalue weighted by molar-refractivity contribution is -0.119. The van der Waals surface area contributed by atoms with Gasteiger partial charge in [0.2, 0.25) is 5.91 Å². The van der Waals surface area contributed by atoms with Gasteiger partial charge >= 0.3 is 0 Å². The molecule has 1 saturated heterocycles. The Kier molecular flexibility index (Phi) is 3.64. The van der Waals surface area contributed by atoms with Crippen molar-refractivity contribution in [3.63, 3.8) is 0 Å². The molecular formula is C14H14FN3OS. The monoisotopic (exact) mass is 291 g/mol. The fourth-order valence-corrected chi connectivity index (χ4v) is 2.93. The van der Waals surface area contributed by atoms with Crippen molar-refractivity contribution in [2.75, 3.05) is 23.3 Å². The van der Waals surface area contributed by atoms with Gasteiger partial charge in [0.25, 0.3) is 0 Å². The van der Waals surface area contributed by atoms with Gasteiger partial charge < -0.3 is 10.2 Å². The van der Waals surface area contributed by atoms with Gasteiger partial charge in [-0.25, -0.2) is 9.37 Å². The molecule has 1 aromatic carbocycles. The van der Waals surface area contributed by atoms with E-state index < -0.39 is 0 Å². The van der Waals surface area contributed by atoms with E-state index in [1.807, 2.05) is 10.3 Å². The number of thiazole rings is 1. The Hall–Kier alpha value is -1.95. The molecule has 1 aliphatic heterocycles. The summed E-state index contributed by atoms with van der Waals surface area (Å²) < 4.78 is 13.7. The zero-order valence-corrected chi connectivity index (χ0v) is 11.6. The lowest BCUT2D eigenvalue weighted by Gasteiger charge is -2.18. The van der Waals surface area contributed by atoms with Crippen molar-refractivity contribution in [1.82, 2.24) is 4.98 Å². The Morgan fingerprint density at radius 1 is 1.45 bits per heavy atom. The number of hydrogen-bond donors (Lipinski definition) is 1. The van der Waals surface area contributed by atoms with Crippen LogP contribution in [0.2, 0.25) is 0 Å². The predicted molar refractivity (Wildman–Crippen MR) is 77.5 cm³/mol. The Balaban J connectivity index is 1.65. The number of nitrogens with one attached hydrogen (secondary N) is 1. The molecule has 6 heteroatoms. The van der Waals surface area contributed by atoms with Crippen molar-refractivity contribution in [3.8, 4) is 0 Å². The standard InChI is InChI=1S/C14H14FN3OS/c15-11-3-1-2-4-12(11)18-7-5-10(9-18)13(19)17-14-16-6-8-20-14/h1-4,6,8,10H,5,7,9H2,(H,16,17,19). The smallest absolute Gasteiger partial charge is 0.231 e. The van der Waals surface area contributed by atoms with Gasteiger partial charge in [-0.2, -0.15) is 0 Å². The number of halogens is 1. The van der Waals surface area contributed by atoms with E-state index in [0.717, 1.165) is 6.42 Å². The Labute approximate surface area is 120 Å². The molecule has 1 fully saturated rings. The minimum Gasteiger partial charge on any atom is -0.368 e. The number of benzene rings is 1. The highest BCUT2D eigenvalue weighted by Gasteiger charge is 2.29. The van der Waals surface area contributed by atoms with Crippen molar-refractivity contribution in [2.24, 2.45) is 5.92 Å². The molecule has 0 aliphatic carbocycles. The number of nitrogens with zero attached hydrogens (tertiary/aromatic N) is 2. The van der Waals surface area contributed by atoms with Crippen LogP contribution in [0.25, 0.3) is 0 Å². The number of hydrogen-bond acceptors (Lipinski definition) is 4. The summed E-state index contributed by atoms with van der Waals surface area (Å²) in [7, 11) is 0. The summed E-state index contributed by atoms with van der Waals surface area (Å²) in [5.74, 6) is -0.411. The normalized spacial score (nSPS) is 18.2. The fourth-order valence-electron chi connectivity index (χ4n) is 2.39. The highest BCUT2D eigenvalue weighted by molar-refractivity contribution is 7.13. The number of para-hydroxylation sites is 1. The Morgan fingerprint density at radius 3 is 3.05 bits per heavy atom. The van der Waals surface area contributed by atoms with Gasteiger partial charge in [-0.05, 0) is 18.6 Å². The SMILES string of the molecule is O=C(Nc1nccs1)C1CCN(c2ccccc2F)C1. The number of anilines is 2. The molecule has 1 atom stereocenters. The summed E-state index contributed by atoms with van der Waals surface area (Å²) in [5, 5.41) is 5.22. The minimum atomic E-state index is -0.242. The maximum Gasteiger partial charge on any atom is 0.231 e. The van der Waals surface area contributed by atoms with E-state index in [1.165, 1.54) is 17.4 Å². The molecule has 4 nitrogen and oxygen atoms in total. The molecule has 2 heterocycles. The van der Waals surface area contributed by atoms with E-state index in [4.69, 9.17) is 0 Å². The largest absolute Gasteiger partial charge is 0.368 e. The van der Waals surface area contributed by atoms with Crippen LogP contribution in [0.15, 0.2) is 35.8 Å².